The number of carbonyl (C=O) groups is 2. The van der Waals surface area contributed by atoms with Crippen molar-refractivity contribution in [3.05, 3.63) is 23.5 Å². The van der Waals surface area contributed by atoms with E-state index in [0.29, 0.717) is 17.8 Å². The summed E-state index contributed by atoms with van der Waals surface area (Å²) >= 11 is 0.833. The maximum absolute atomic E-state index is 12.8. The van der Waals surface area contributed by atoms with E-state index in [0.717, 1.165) is 49.4 Å². The molecule has 27 heavy (non-hydrogen) atoms. The van der Waals surface area contributed by atoms with Gasteiger partial charge in [0.1, 0.15) is 11.8 Å². The van der Waals surface area contributed by atoms with E-state index < -0.39 is 11.4 Å². The fourth-order valence-electron chi connectivity index (χ4n) is 7.31. The van der Waals surface area contributed by atoms with Gasteiger partial charge in [-0.2, -0.15) is 0 Å². The number of alkyl halides is 1. The van der Waals surface area contributed by atoms with Crippen molar-refractivity contribution in [2.45, 2.75) is 52.9 Å². The predicted molar refractivity (Wildman–Crippen MR) is 105 cm³/mol. The van der Waals surface area contributed by atoms with Crippen LogP contribution >= 0.6 is 11.8 Å². The summed E-state index contributed by atoms with van der Waals surface area (Å²) in [5, 5.41) is 10.8. The molecule has 3 fully saturated rings. The number of halogens is 1. The first-order valence-electron chi connectivity index (χ1n) is 10.1. The Morgan fingerprint density at radius 1 is 1.30 bits per heavy atom. The number of fused-ring (bicyclic) bond motifs is 5. The Bertz CT molecular complexity index is 744. The summed E-state index contributed by atoms with van der Waals surface area (Å²) in [4.78, 5) is 24.6. The monoisotopic (exact) mass is 392 g/mol. The third-order valence-corrected chi connectivity index (χ3v) is 9.16. The van der Waals surface area contributed by atoms with Crippen molar-refractivity contribution in [1.82, 2.24) is 0 Å². The van der Waals surface area contributed by atoms with E-state index in [2.05, 4.69) is 20.8 Å². The number of ketones is 1. The summed E-state index contributed by atoms with van der Waals surface area (Å²) in [6, 6.07) is -0.645. The minimum Gasteiger partial charge on any atom is -0.511 e. The molecule has 0 spiro atoms. The first-order chi connectivity index (χ1) is 12.7. The molecule has 0 aliphatic heterocycles. The molecule has 0 heterocycles. The largest absolute Gasteiger partial charge is 0.511 e. The number of hydrogen-bond acceptors (Lipinski definition) is 4. The Morgan fingerprint density at radius 2 is 2.04 bits per heavy atom. The van der Waals surface area contributed by atoms with Crippen LogP contribution in [0.4, 0.5) is 4.39 Å². The Morgan fingerprint density at radius 3 is 2.74 bits per heavy atom. The number of allylic oxidation sites excluding steroid dienone is 3. The van der Waals surface area contributed by atoms with Gasteiger partial charge in [0, 0.05) is 17.4 Å². The highest BCUT2D eigenvalue weighted by Gasteiger charge is 2.62. The lowest BCUT2D eigenvalue weighted by Crippen LogP contribution is -2.51. The van der Waals surface area contributed by atoms with Gasteiger partial charge < -0.3 is 5.11 Å². The average molecular weight is 393 g/mol. The molecule has 5 heteroatoms. The van der Waals surface area contributed by atoms with E-state index >= 15 is 0 Å². The highest BCUT2D eigenvalue weighted by molar-refractivity contribution is 8.13. The summed E-state index contributed by atoms with van der Waals surface area (Å²) in [5.41, 5.74) is 0.544. The van der Waals surface area contributed by atoms with Gasteiger partial charge in [-0.1, -0.05) is 31.2 Å². The van der Waals surface area contributed by atoms with Crippen LogP contribution in [0.3, 0.4) is 0 Å². The lowest BCUT2D eigenvalue weighted by atomic mass is 9.47. The van der Waals surface area contributed by atoms with Crippen LogP contribution in [0.25, 0.3) is 0 Å². The second-order valence-electron chi connectivity index (χ2n) is 9.53. The Hall–Kier alpha value is -1.10. The molecule has 4 rings (SSSR count). The molecule has 4 aliphatic carbocycles. The second kappa shape index (κ2) is 6.47. The third-order valence-electron chi connectivity index (χ3n) is 8.51. The number of rotatable bonds is 2. The Balaban J connectivity index is 1.68. The number of thioether (sulfide) groups is 1. The average Bonchev–Trinajstić information content (AvgIpc) is 2.87. The standard InChI is InChI=1S/C22H29FO3S/c1-12-8-17-15-5-4-13-9-14(24)10-18(25)22(13,3)16(15)6-7-21(17,2)19(12)20(26)27-11-23/h9-10,12,15-17,19,25H,4-8,11H2,1-3H3/t12?,15-,16+,17+,19-,21+,22+/m1/s1. The molecule has 0 aromatic carbocycles. The predicted octanol–water partition coefficient (Wildman–Crippen LogP) is 5.23. The first-order valence-corrected chi connectivity index (χ1v) is 11.1. The maximum Gasteiger partial charge on any atom is 0.195 e. The van der Waals surface area contributed by atoms with Crippen LogP contribution in [-0.2, 0) is 9.59 Å². The SMILES string of the molecule is CC1C[C@H]2[C@@H]3CCC4=CC(=O)C=C(O)[C@]4(C)[C@H]3CC[C@]2(C)[C@H]1C(=O)SCF. The topological polar surface area (TPSA) is 54.4 Å². The van der Waals surface area contributed by atoms with Gasteiger partial charge >= 0.3 is 0 Å². The van der Waals surface area contributed by atoms with Crippen molar-refractivity contribution in [2.75, 3.05) is 6.01 Å². The lowest BCUT2D eigenvalue weighted by Gasteiger charge is -2.57. The number of aliphatic hydroxyl groups is 1. The van der Waals surface area contributed by atoms with E-state index in [1.807, 2.05) is 0 Å². The normalized spacial score (nSPS) is 46.1. The van der Waals surface area contributed by atoms with Gasteiger partial charge in [-0.25, -0.2) is 4.39 Å². The van der Waals surface area contributed by atoms with E-state index in [1.54, 1.807) is 6.08 Å². The van der Waals surface area contributed by atoms with Gasteiger partial charge in [-0.15, -0.1) is 0 Å². The number of carbonyl (C=O) groups excluding carboxylic acids is 2. The minimum atomic E-state index is -0.645. The summed E-state index contributed by atoms with van der Waals surface area (Å²) in [5.74, 6) is 1.46. The van der Waals surface area contributed by atoms with Gasteiger partial charge in [0.15, 0.2) is 10.9 Å². The second-order valence-corrected chi connectivity index (χ2v) is 10.4. The summed E-state index contributed by atoms with van der Waals surface area (Å²) in [6.07, 6.45) is 7.83. The van der Waals surface area contributed by atoms with Crippen LogP contribution in [-0.4, -0.2) is 22.0 Å². The molecule has 0 saturated heterocycles. The van der Waals surface area contributed by atoms with Crippen molar-refractivity contribution in [2.24, 2.45) is 40.4 Å². The highest BCUT2D eigenvalue weighted by atomic mass is 32.2. The van der Waals surface area contributed by atoms with Crippen LogP contribution in [0.1, 0.15) is 52.9 Å². The van der Waals surface area contributed by atoms with Crippen molar-refractivity contribution >= 4 is 22.7 Å². The van der Waals surface area contributed by atoms with E-state index in [4.69, 9.17) is 0 Å². The van der Waals surface area contributed by atoms with E-state index in [9.17, 15) is 19.1 Å². The van der Waals surface area contributed by atoms with Crippen molar-refractivity contribution < 1.29 is 19.1 Å². The molecule has 0 amide bonds. The molecule has 0 radical (unpaired) electrons. The maximum atomic E-state index is 12.8. The molecule has 0 aromatic rings. The van der Waals surface area contributed by atoms with Crippen LogP contribution in [0.15, 0.2) is 23.5 Å². The Kier molecular flexibility index (Phi) is 4.60. The zero-order valence-electron chi connectivity index (χ0n) is 16.3. The number of hydrogen-bond donors (Lipinski definition) is 1. The molecule has 7 atom stereocenters. The molecule has 148 valence electrons. The van der Waals surface area contributed by atoms with Crippen molar-refractivity contribution in [3.8, 4) is 0 Å². The molecule has 3 nitrogen and oxygen atoms in total. The summed E-state index contributed by atoms with van der Waals surface area (Å²) in [7, 11) is 0. The zero-order valence-corrected chi connectivity index (χ0v) is 17.2. The molecule has 1 unspecified atom stereocenters. The third kappa shape index (κ3) is 2.60. The molecule has 4 aliphatic rings. The van der Waals surface area contributed by atoms with E-state index in [-0.39, 0.29) is 33.9 Å². The fourth-order valence-corrected chi connectivity index (χ4v) is 8.10. The van der Waals surface area contributed by atoms with Gasteiger partial charge in [0.25, 0.3) is 0 Å². The molecule has 0 bridgehead atoms. The summed E-state index contributed by atoms with van der Waals surface area (Å²) < 4.78 is 12.8. The van der Waals surface area contributed by atoms with Gasteiger partial charge in [-0.3, -0.25) is 9.59 Å². The van der Waals surface area contributed by atoms with Gasteiger partial charge in [0.2, 0.25) is 0 Å². The molecular weight excluding hydrogens is 363 g/mol. The smallest absolute Gasteiger partial charge is 0.195 e. The molecule has 0 aromatic heterocycles. The quantitative estimate of drug-likeness (QED) is 0.699. The van der Waals surface area contributed by atoms with Gasteiger partial charge in [0.05, 0.1) is 0 Å². The van der Waals surface area contributed by atoms with Crippen LogP contribution < -0.4 is 0 Å². The highest BCUT2D eigenvalue weighted by Crippen LogP contribution is 2.68. The number of aliphatic hydroxyl groups excluding tert-OH is 1. The molecule has 3 saturated carbocycles. The lowest BCUT2D eigenvalue weighted by molar-refractivity contribution is -0.122. The van der Waals surface area contributed by atoms with Crippen LogP contribution in [0.5, 0.6) is 0 Å². The minimum absolute atomic E-state index is 0.0158. The first kappa shape index (κ1) is 19.2. The van der Waals surface area contributed by atoms with E-state index in [1.165, 1.54) is 6.08 Å². The van der Waals surface area contributed by atoms with Crippen LogP contribution in [0.2, 0.25) is 0 Å². The zero-order chi connectivity index (χ0) is 19.6. The van der Waals surface area contributed by atoms with Crippen molar-refractivity contribution in [3.63, 3.8) is 0 Å². The summed E-state index contributed by atoms with van der Waals surface area (Å²) in [6.45, 7) is 6.48. The molecular formula is C22H29FO3S. The molecule has 1 N–H and O–H groups in total. The van der Waals surface area contributed by atoms with Gasteiger partial charge in [-0.05, 0) is 74.2 Å². The Labute approximate surface area is 164 Å². The van der Waals surface area contributed by atoms with Crippen LogP contribution in [0, 0.1) is 40.4 Å². The fraction of sp³-hybridized carbons (Fsp3) is 0.727. The van der Waals surface area contributed by atoms with Crippen molar-refractivity contribution in [1.29, 1.82) is 0 Å².